The number of nitrogens with zero attached hydrogens (tertiary/aromatic N) is 1. The smallest absolute Gasteiger partial charge is 0.332 e. The summed E-state index contributed by atoms with van der Waals surface area (Å²) in [6.07, 6.45) is 3.12. The van der Waals surface area contributed by atoms with Gasteiger partial charge in [-0.1, -0.05) is 26.3 Å². The van der Waals surface area contributed by atoms with E-state index in [1.54, 1.807) is 13.0 Å². The van der Waals surface area contributed by atoms with E-state index in [2.05, 4.69) is 35.8 Å². The number of aliphatic carboxylic acids is 1. The van der Waals surface area contributed by atoms with Crippen molar-refractivity contribution in [1.82, 2.24) is 0 Å². The van der Waals surface area contributed by atoms with Gasteiger partial charge in [0.1, 0.15) is 0 Å². The van der Waals surface area contributed by atoms with Gasteiger partial charge in [0.25, 0.3) is 0 Å². The van der Waals surface area contributed by atoms with Gasteiger partial charge in [0.2, 0.25) is 0 Å². The highest BCUT2D eigenvalue weighted by molar-refractivity contribution is 5.86. The second-order valence-corrected chi connectivity index (χ2v) is 2.87. The molecule has 0 bridgehead atoms. The summed E-state index contributed by atoms with van der Waals surface area (Å²) in [7, 11) is 2.64. The van der Waals surface area contributed by atoms with Crippen LogP contribution >= 0.6 is 0 Å². The lowest BCUT2D eigenvalue weighted by Crippen LogP contribution is -3.00. The molecule has 1 N–H and O–H groups in total. The van der Waals surface area contributed by atoms with Crippen molar-refractivity contribution in [3.8, 4) is 6.07 Å². The number of carboxylic acid groups (broad SMARTS) is 1. The van der Waals surface area contributed by atoms with Gasteiger partial charge >= 0.3 is 17.9 Å². The lowest BCUT2D eigenvalue weighted by molar-refractivity contribution is -0.136. The Kier molecular flexibility index (Phi) is 38.5. The first-order valence-electron chi connectivity index (χ1n) is 5.48. The van der Waals surface area contributed by atoms with Gasteiger partial charge in [-0.15, -0.1) is 0 Å². The van der Waals surface area contributed by atoms with Crippen molar-refractivity contribution in [3.05, 3.63) is 50.1 Å². The number of carbonyl (C=O) groups is 3. The maximum atomic E-state index is 10.2. The molecule has 0 aliphatic carbocycles. The van der Waals surface area contributed by atoms with Crippen LogP contribution in [0.4, 0.5) is 0 Å². The number of allylic oxidation sites excluding steroid dienone is 1. The zero-order valence-corrected chi connectivity index (χ0v) is 14.1. The third kappa shape index (κ3) is 54.7. The molecule has 23 heavy (non-hydrogen) atoms. The molecule has 0 saturated carbocycles. The van der Waals surface area contributed by atoms with E-state index >= 15 is 0 Å². The van der Waals surface area contributed by atoms with Crippen LogP contribution < -0.4 is 12.4 Å². The first kappa shape index (κ1) is 32.2. The number of methoxy groups -OCH3 is 2. The topological polar surface area (TPSA) is 114 Å². The molecule has 7 nitrogen and oxygen atoms in total. The molecule has 0 fully saturated rings. The largest absolute Gasteiger partial charge is 1.00 e. The number of hydrogen-bond acceptors (Lipinski definition) is 6. The van der Waals surface area contributed by atoms with E-state index in [0.717, 1.165) is 12.2 Å². The van der Waals surface area contributed by atoms with Crippen molar-refractivity contribution >= 4 is 17.9 Å². The zero-order chi connectivity index (χ0) is 18.6. The minimum absolute atomic E-state index is 0. The molecule has 0 aliphatic rings. The Hall–Kier alpha value is -2.85. The van der Waals surface area contributed by atoms with Crippen LogP contribution in [0.25, 0.3) is 0 Å². The highest BCUT2D eigenvalue weighted by Crippen LogP contribution is 1.87. The summed E-state index contributed by atoms with van der Waals surface area (Å²) in [5.74, 6) is -1.72. The normalized spacial score (nSPS) is 6.17. The van der Waals surface area contributed by atoms with Crippen molar-refractivity contribution in [2.75, 3.05) is 14.2 Å². The molecule has 130 valence electrons. The summed E-state index contributed by atoms with van der Waals surface area (Å²) in [6, 6.07) is 1.69. The summed E-state index contributed by atoms with van der Waals surface area (Å²) in [5.41, 5.74) is 0.433. The molecule has 8 heteroatoms. The maximum absolute atomic E-state index is 10.2. The second-order valence-electron chi connectivity index (χ2n) is 2.87. The molecule has 0 aromatic carbocycles. The number of ether oxygens (including phenoxy) is 2. The Balaban J connectivity index is -0.0000000630. The summed E-state index contributed by atoms with van der Waals surface area (Å²) in [6.45, 7) is 14.2. The van der Waals surface area contributed by atoms with E-state index in [-0.39, 0.29) is 18.4 Å². The van der Waals surface area contributed by atoms with Crippen LogP contribution in [0.15, 0.2) is 50.1 Å². The predicted octanol–water partition coefficient (Wildman–Crippen LogP) is -0.962. The molecule has 0 amide bonds. The molecule has 0 aromatic heterocycles. The van der Waals surface area contributed by atoms with Crippen molar-refractivity contribution in [2.24, 2.45) is 0 Å². The Bertz CT molecular complexity index is 438. The van der Waals surface area contributed by atoms with Crippen molar-refractivity contribution in [3.63, 3.8) is 0 Å². The zero-order valence-electron chi connectivity index (χ0n) is 13.4. The van der Waals surface area contributed by atoms with Gasteiger partial charge in [0.15, 0.2) is 0 Å². The molecule has 0 spiro atoms. The second kappa shape index (κ2) is 27.5. The minimum atomic E-state index is -0.981. The van der Waals surface area contributed by atoms with Gasteiger partial charge in [-0.25, -0.2) is 14.4 Å². The van der Waals surface area contributed by atoms with E-state index < -0.39 is 11.9 Å². The van der Waals surface area contributed by atoms with Crippen molar-refractivity contribution < 1.29 is 41.4 Å². The molecule has 0 aliphatic heterocycles. The summed E-state index contributed by atoms with van der Waals surface area (Å²) >= 11 is 0. The van der Waals surface area contributed by atoms with Gasteiger partial charge in [-0.3, -0.25) is 0 Å². The Morgan fingerprint density at radius 2 is 1.43 bits per heavy atom. The summed E-state index contributed by atoms with van der Waals surface area (Å²) in [4.78, 5) is 29.3. The van der Waals surface area contributed by atoms with E-state index in [0.29, 0.717) is 5.57 Å². The standard InChI is InChI=1S/C5H8O2.C4H6O2.C3H3N.C3H4O2.ClH/c1-4(2)5(6)7-3;1-3-4(5)6-2;1-2-3-4;1-2-3(4)5;/h1H2,2-3H3;3H,1H2,2H3;2H,1H2;2H,1H2,(H,4,5);1H/p-1. The van der Waals surface area contributed by atoms with Gasteiger partial charge in [-0.2, -0.15) is 5.26 Å². The summed E-state index contributed by atoms with van der Waals surface area (Å²) in [5, 5.41) is 15.1. The number of nitriles is 1. The minimum Gasteiger partial charge on any atom is -1.00 e. The Labute approximate surface area is 142 Å². The predicted molar refractivity (Wildman–Crippen MR) is 82.7 cm³/mol. The number of esters is 2. The first-order chi connectivity index (χ1) is 10.2. The van der Waals surface area contributed by atoms with Crippen LogP contribution in [0.5, 0.6) is 0 Å². The average molecular weight is 347 g/mol. The van der Waals surface area contributed by atoms with Crippen molar-refractivity contribution in [1.29, 1.82) is 5.26 Å². The lowest BCUT2D eigenvalue weighted by atomic mass is 10.4. The molecule has 0 atom stereocenters. The Morgan fingerprint density at radius 3 is 1.43 bits per heavy atom. The fraction of sp³-hybridized carbons (Fsp3) is 0.200. The van der Waals surface area contributed by atoms with Crippen LogP contribution in [-0.2, 0) is 23.9 Å². The van der Waals surface area contributed by atoms with Crippen molar-refractivity contribution in [2.45, 2.75) is 6.92 Å². The van der Waals surface area contributed by atoms with Crippen LogP contribution in [-0.4, -0.2) is 37.2 Å². The molecule has 0 rings (SSSR count). The van der Waals surface area contributed by atoms with Crippen LogP contribution in [0.3, 0.4) is 0 Å². The molecule has 0 heterocycles. The molecule has 0 unspecified atom stereocenters. The third-order valence-electron chi connectivity index (χ3n) is 1.17. The molecule has 0 aromatic rings. The fourth-order valence-electron chi connectivity index (χ4n) is 0.258. The number of hydrogen-bond donors (Lipinski definition) is 1. The monoisotopic (exact) mass is 346 g/mol. The molecule has 0 saturated heterocycles. The number of carbonyl (C=O) groups excluding carboxylic acids is 2. The number of rotatable bonds is 3. The SMILES string of the molecule is C=C(C)C(=O)OC.C=CC#N.C=CC(=O)O.C=CC(=O)OC.[Cl-]. The van der Waals surface area contributed by atoms with E-state index in [9.17, 15) is 14.4 Å². The lowest BCUT2D eigenvalue weighted by Gasteiger charge is -1.91. The summed E-state index contributed by atoms with van der Waals surface area (Å²) < 4.78 is 8.42. The van der Waals surface area contributed by atoms with E-state index in [1.165, 1.54) is 20.3 Å². The van der Waals surface area contributed by atoms with Crippen LogP contribution in [0.2, 0.25) is 0 Å². The molecule has 0 radical (unpaired) electrons. The maximum Gasteiger partial charge on any atom is 0.332 e. The van der Waals surface area contributed by atoms with Gasteiger partial charge in [0, 0.05) is 23.8 Å². The van der Waals surface area contributed by atoms with Gasteiger partial charge in [-0.05, 0) is 6.92 Å². The van der Waals surface area contributed by atoms with Crippen LogP contribution in [0, 0.1) is 11.3 Å². The van der Waals surface area contributed by atoms with E-state index in [1.807, 2.05) is 0 Å². The third-order valence-corrected chi connectivity index (χ3v) is 1.17. The quantitative estimate of drug-likeness (QED) is 0.397. The average Bonchev–Trinajstić information content (AvgIpc) is 2.54. The van der Waals surface area contributed by atoms with Gasteiger partial charge in [0.05, 0.1) is 20.3 Å². The van der Waals surface area contributed by atoms with Crippen LogP contribution in [0.1, 0.15) is 6.92 Å². The highest BCUT2D eigenvalue weighted by atomic mass is 35.5. The van der Waals surface area contributed by atoms with E-state index in [4.69, 9.17) is 10.4 Å². The number of carboxylic acids is 1. The number of halogens is 1. The first-order valence-corrected chi connectivity index (χ1v) is 5.48. The molecular weight excluding hydrogens is 326 g/mol. The van der Waals surface area contributed by atoms with Gasteiger partial charge < -0.3 is 27.0 Å². The fourth-order valence-corrected chi connectivity index (χ4v) is 0.258. The highest BCUT2D eigenvalue weighted by Gasteiger charge is 1.95. The molecular formula is C15H21ClNO6-. The Morgan fingerprint density at radius 1 is 1.09 bits per heavy atom.